The number of hydrogen-bond donors (Lipinski definition) is 1. The zero-order chi connectivity index (χ0) is 16.4. The minimum atomic E-state index is -5.39. The van der Waals surface area contributed by atoms with Gasteiger partial charge in [0.2, 0.25) is 0 Å². The highest BCUT2D eigenvalue weighted by Crippen LogP contribution is 2.34. The van der Waals surface area contributed by atoms with Gasteiger partial charge >= 0.3 is 5.51 Å². The van der Waals surface area contributed by atoms with Crippen molar-refractivity contribution in [1.82, 2.24) is 4.98 Å². The van der Waals surface area contributed by atoms with Gasteiger partial charge in [0.15, 0.2) is 0 Å². The van der Waals surface area contributed by atoms with Crippen molar-refractivity contribution >= 4 is 26.9 Å². The van der Waals surface area contributed by atoms with Crippen LogP contribution in [0, 0.1) is 0 Å². The van der Waals surface area contributed by atoms with Gasteiger partial charge in [-0.05, 0) is 18.6 Å². The van der Waals surface area contributed by atoms with Gasteiger partial charge in [-0.3, -0.25) is 0 Å². The lowest BCUT2D eigenvalue weighted by atomic mass is 10.3. The van der Waals surface area contributed by atoms with Crippen molar-refractivity contribution in [2.75, 3.05) is 5.32 Å². The van der Waals surface area contributed by atoms with E-state index in [2.05, 4.69) is 10.3 Å². The zero-order valence-electron chi connectivity index (χ0n) is 11.5. The smallest absolute Gasteiger partial charge is 0.377 e. The van der Waals surface area contributed by atoms with Crippen molar-refractivity contribution in [1.29, 1.82) is 0 Å². The van der Waals surface area contributed by atoms with Crippen molar-refractivity contribution in [2.24, 2.45) is 0 Å². The van der Waals surface area contributed by atoms with Gasteiger partial charge in [-0.25, -0.2) is 13.4 Å². The number of hydrogen-bond acceptors (Lipinski definition) is 5. The minimum absolute atomic E-state index is 0.0897. The third kappa shape index (κ3) is 3.41. The number of rotatable bonds is 5. The van der Waals surface area contributed by atoms with Crippen LogP contribution in [-0.2, 0) is 22.8 Å². The largest absolute Gasteiger partial charge is 0.501 e. The van der Waals surface area contributed by atoms with Crippen LogP contribution >= 0.6 is 11.3 Å². The van der Waals surface area contributed by atoms with E-state index in [1.54, 1.807) is 6.20 Å². The fourth-order valence-corrected chi connectivity index (χ4v) is 3.47. The maximum Gasteiger partial charge on any atom is 0.501 e. The molecule has 0 fully saturated rings. The molecule has 2 aromatic rings. The molecule has 0 atom stereocenters. The molecular weight excluding hydrogens is 337 g/mol. The molecule has 0 saturated carbocycles. The average molecular weight is 350 g/mol. The van der Waals surface area contributed by atoms with E-state index in [0.717, 1.165) is 17.4 Å². The second-order valence-corrected chi connectivity index (χ2v) is 7.48. The Morgan fingerprint density at radius 1 is 1.27 bits per heavy atom. The predicted molar refractivity (Wildman–Crippen MR) is 78.5 cm³/mol. The molecule has 1 heterocycles. The number of nitrogens with one attached hydrogen (secondary N) is 1. The molecule has 0 radical (unpaired) electrons. The van der Waals surface area contributed by atoms with Gasteiger partial charge in [-0.2, -0.15) is 13.2 Å². The number of aryl methyl sites for hydroxylation is 1. The van der Waals surface area contributed by atoms with Crippen LogP contribution < -0.4 is 5.32 Å². The molecule has 120 valence electrons. The van der Waals surface area contributed by atoms with Gasteiger partial charge in [0.1, 0.15) is 5.01 Å². The molecule has 0 amide bonds. The maximum absolute atomic E-state index is 12.7. The molecule has 1 aromatic heterocycles. The average Bonchev–Trinajstić information content (AvgIpc) is 2.92. The third-order valence-corrected chi connectivity index (χ3v) is 5.55. The monoisotopic (exact) mass is 350 g/mol. The first-order valence-corrected chi connectivity index (χ1v) is 8.63. The van der Waals surface area contributed by atoms with E-state index in [-0.39, 0.29) is 12.2 Å². The van der Waals surface area contributed by atoms with Gasteiger partial charge in [-0.15, -0.1) is 11.3 Å². The molecule has 0 saturated heterocycles. The van der Waals surface area contributed by atoms with Gasteiger partial charge < -0.3 is 5.32 Å². The fourth-order valence-electron chi connectivity index (χ4n) is 1.74. The molecule has 0 unspecified atom stereocenters. The summed E-state index contributed by atoms with van der Waals surface area (Å²) in [4.78, 5) is 4.39. The topological polar surface area (TPSA) is 59.1 Å². The van der Waals surface area contributed by atoms with E-state index in [1.165, 1.54) is 29.5 Å². The number of alkyl halides is 3. The van der Waals surface area contributed by atoms with Crippen LogP contribution in [0.3, 0.4) is 0 Å². The summed E-state index contributed by atoms with van der Waals surface area (Å²) >= 11 is 1.43. The normalized spacial score (nSPS) is 12.4. The number of aromatic nitrogens is 1. The highest BCUT2D eigenvalue weighted by molar-refractivity contribution is 7.92. The van der Waals surface area contributed by atoms with Crippen LogP contribution in [0.1, 0.15) is 16.8 Å². The molecule has 0 spiro atoms. The van der Waals surface area contributed by atoms with Crippen LogP contribution in [-0.4, -0.2) is 18.9 Å². The molecule has 0 aliphatic carbocycles. The standard InChI is InChI=1S/C13H13F3N2O2S2/c1-2-9-7-18-12(21-9)8-17-10-5-3-4-6-11(10)22(19,20)13(14,15)16/h3-7,17H,2,8H2,1H3. The predicted octanol–water partition coefficient (Wildman–Crippen LogP) is 3.61. The third-order valence-electron chi connectivity index (χ3n) is 2.86. The summed E-state index contributed by atoms with van der Waals surface area (Å²) in [5.41, 5.74) is -5.42. The summed E-state index contributed by atoms with van der Waals surface area (Å²) in [7, 11) is -5.39. The number of nitrogens with zero attached hydrogens (tertiary/aromatic N) is 1. The Morgan fingerprint density at radius 3 is 2.55 bits per heavy atom. The first kappa shape index (κ1) is 16.8. The summed E-state index contributed by atoms with van der Waals surface area (Å²) < 4.78 is 61.2. The zero-order valence-corrected chi connectivity index (χ0v) is 13.1. The highest BCUT2D eigenvalue weighted by atomic mass is 32.2. The minimum Gasteiger partial charge on any atom is -0.377 e. The second kappa shape index (κ2) is 6.25. The quantitative estimate of drug-likeness (QED) is 0.895. The van der Waals surface area contributed by atoms with Crippen molar-refractivity contribution in [2.45, 2.75) is 30.3 Å². The van der Waals surface area contributed by atoms with Crippen molar-refractivity contribution < 1.29 is 21.6 Å². The van der Waals surface area contributed by atoms with Crippen LogP contribution in [0.2, 0.25) is 0 Å². The first-order valence-electron chi connectivity index (χ1n) is 6.33. The van der Waals surface area contributed by atoms with Crippen molar-refractivity contribution in [3.63, 3.8) is 0 Å². The lowest BCUT2D eigenvalue weighted by Crippen LogP contribution is -2.24. The Morgan fingerprint density at radius 2 is 1.95 bits per heavy atom. The van der Waals surface area contributed by atoms with E-state index < -0.39 is 20.2 Å². The van der Waals surface area contributed by atoms with Crippen LogP contribution in [0.15, 0.2) is 35.4 Å². The molecule has 2 rings (SSSR count). The van der Waals surface area contributed by atoms with E-state index in [0.29, 0.717) is 5.01 Å². The number of para-hydroxylation sites is 1. The summed E-state index contributed by atoms with van der Waals surface area (Å²) in [5.74, 6) is 0. The molecular formula is C13H13F3N2O2S2. The number of thiazole rings is 1. The Labute approximate surface area is 129 Å². The van der Waals surface area contributed by atoms with Crippen LogP contribution in [0.5, 0.6) is 0 Å². The summed E-state index contributed by atoms with van der Waals surface area (Å²) in [6.45, 7) is 2.13. The van der Waals surface area contributed by atoms with E-state index in [9.17, 15) is 21.6 Å². The Kier molecular flexibility index (Phi) is 4.76. The first-order chi connectivity index (χ1) is 10.3. The Bertz CT molecular complexity index is 755. The van der Waals surface area contributed by atoms with E-state index in [4.69, 9.17) is 0 Å². The van der Waals surface area contributed by atoms with Gasteiger partial charge in [0, 0.05) is 11.1 Å². The van der Waals surface area contributed by atoms with Crippen molar-refractivity contribution in [3.8, 4) is 0 Å². The molecule has 1 aromatic carbocycles. The molecule has 0 aliphatic rings. The van der Waals surface area contributed by atoms with Gasteiger partial charge in [-0.1, -0.05) is 19.1 Å². The maximum atomic E-state index is 12.7. The Balaban J connectivity index is 2.26. The number of benzene rings is 1. The van der Waals surface area contributed by atoms with Crippen LogP contribution in [0.4, 0.5) is 18.9 Å². The lowest BCUT2D eigenvalue weighted by Gasteiger charge is -2.13. The number of halogens is 3. The summed E-state index contributed by atoms with van der Waals surface area (Å²) in [6.07, 6.45) is 2.51. The van der Waals surface area contributed by atoms with Gasteiger partial charge in [0.05, 0.1) is 17.1 Å². The SMILES string of the molecule is CCc1cnc(CNc2ccccc2S(=O)(=O)C(F)(F)F)s1. The molecule has 9 heteroatoms. The molecule has 4 nitrogen and oxygen atoms in total. The Hall–Kier alpha value is -1.61. The molecule has 0 aliphatic heterocycles. The van der Waals surface area contributed by atoms with Crippen molar-refractivity contribution in [3.05, 3.63) is 40.3 Å². The highest BCUT2D eigenvalue weighted by Gasteiger charge is 2.47. The van der Waals surface area contributed by atoms with Crippen LogP contribution in [0.25, 0.3) is 0 Å². The molecule has 22 heavy (non-hydrogen) atoms. The summed E-state index contributed by atoms with van der Waals surface area (Å²) in [6, 6.07) is 4.96. The summed E-state index contributed by atoms with van der Waals surface area (Å²) in [5, 5.41) is 3.39. The van der Waals surface area contributed by atoms with Gasteiger partial charge in [0.25, 0.3) is 9.84 Å². The van der Waals surface area contributed by atoms with E-state index >= 15 is 0 Å². The number of anilines is 1. The fraction of sp³-hybridized carbons (Fsp3) is 0.308. The second-order valence-electron chi connectivity index (χ2n) is 4.37. The van der Waals surface area contributed by atoms with E-state index in [1.807, 2.05) is 6.92 Å². The molecule has 0 bridgehead atoms. The molecule has 1 N–H and O–H groups in total. The lowest BCUT2D eigenvalue weighted by molar-refractivity contribution is -0.0435. The number of sulfone groups is 1.